The van der Waals surface area contributed by atoms with Gasteiger partial charge < -0.3 is 19.3 Å². The van der Waals surface area contributed by atoms with Crippen molar-refractivity contribution >= 4 is 28.6 Å². The average Bonchev–Trinajstić information content (AvgIpc) is 2.65. The minimum absolute atomic E-state index is 0.00174. The highest BCUT2D eigenvalue weighted by molar-refractivity contribution is 14.1. The summed E-state index contributed by atoms with van der Waals surface area (Å²) in [6.45, 7) is 6.14. The van der Waals surface area contributed by atoms with Gasteiger partial charge in [-0.25, -0.2) is 4.79 Å². The van der Waals surface area contributed by atoms with Gasteiger partial charge in [-0.3, -0.25) is 0 Å². The summed E-state index contributed by atoms with van der Waals surface area (Å²) in [5.74, 6) is -0.423. The van der Waals surface area contributed by atoms with E-state index in [1.807, 2.05) is 25.1 Å². The van der Waals surface area contributed by atoms with Crippen molar-refractivity contribution in [3.8, 4) is 0 Å². The normalized spacial score (nSPS) is 22.3. The van der Waals surface area contributed by atoms with Gasteiger partial charge in [0.25, 0.3) is 0 Å². The summed E-state index contributed by atoms with van der Waals surface area (Å²) in [6.07, 6.45) is 4.13. The van der Waals surface area contributed by atoms with Gasteiger partial charge in [0.2, 0.25) is 12.0 Å². The maximum atomic E-state index is 12.3. The lowest BCUT2D eigenvalue weighted by molar-refractivity contribution is -0.175. The molecule has 1 aromatic carbocycles. The minimum atomic E-state index is -0.563. The molecule has 0 unspecified atom stereocenters. The predicted octanol–water partition coefficient (Wildman–Crippen LogP) is 3.77. The van der Waals surface area contributed by atoms with Crippen LogP contribution in [0.1, 0.15) is 31.2 Å². The molecule has 3 atom stereocenters. The third kappa shape index (κ3) is 5.56. The van der Waals surface area contributed by atoms with Gasteiger partial charge in [-0.05, 0) is 66.1 Å². The number of rotatable bonds is 9. The number of esters is 1. The van der Waals surface area contributed by atoms with Crippen LogP contribution in [-0.2, 0) is 19.0 Å². The monoisotopic (exact) mass is 472 g/mol. The first-order chi connectivity index (χ1) is 12.6. The molecule has 2 rings (SSSR count). The summed E-state index contributed by atoms with van der Waals surface area (Å²) >= 11 is 2.26. The van der Waals surface area contributed by atoms with Crippen LogP contribution in [0.5, 0.6) is 0 Å². The number of carbonyl (C=O) groups is 1. The summed E-state index contributed by atoms with van der Waals surface area (Å²) in [5.41, 5.74) is 1.08. The number of allylic oxidation sites excluding steroid dienone is 1. The van der Waals surface area contributed by atoms with Crippen molar-refractivity contribution < 1.29 is 24.1 Å². The van der Waals surface area contributed by atoms with Crippen LogP contribution < -0.4 is 0 Å². The number of hydrogen-bond acceptors (Lipinski definition) is 5. The second-order valence-electron chi connectivity index (χ2n) is 5.97. The topological polar surface area (TPSA) is 65.0 Å². The van der Waals surface area contributed by atoms with Crippen LogP contribution in [0.2, 0.25) is 0 Å². The van der Waals surface area contributed by atoms with Gasteiger partial charge in [0.15, 0.2) is 0 Å². The van der Waals surface area contributed by atoms with E-state index in [2.05, 4.69) is 41.3 Å². The zero-order chi connectivity index (χ0) is 18.9. The SMILES string of the molecule is C=CCOC(=O)C1=C[C@H](c2ccc(I)cc2)[C@H](CCCO)[C@H](OCC)O1. The molecule has 6 heteroatoms. The van der Waals surface area contributed by atoms with E-state index in [0.717, 1.165) is 15.6 Å². The first-order valence-electron chi connectivity index (χ1n) is 8.75. The molecule has 0 bridgehead atoms. The number of aliphatic hydroxyl groups excluding tert-OH is 1. The summed E-state index contributed by atoms with van der Waals surface area (Å²) in [7, 11) is 0. The minimum Gasteiger partial charge on any atom is -0.457 e. The molecule has 5 nitrogen and oxygen atoms in total. The second-order valence-corrected chi connectivity index (χ2v) is 7.21. The fraction of sp³-hybridized carbons (Fsp3) is 0.450. The third-order valence-electron chi connectivity index (χ3n) is 4.20. The molecule has 1 aliphatic rings. The van der Waals surface area contributed by atoms with Crippen molar-refractivity contribution in [1.29, 1.82) is 0 Å². The fourth-order valence-corrected chi connectivity index (χ4v) is 3.38. The first-order valence-corrected chi connectivity index (χ1v) is 9.83. The fourth-order valence-electron chi connectivity index (χ4n) is 3.02. The van der Waals surface area contributed by atoms with Crippen molar-refractivity contribution in [2.45, 2.75) is 32.0 Å². The summed E-state index contributed by atoms with van der Waals surface area (Å²) in [6, 6.07) is 8.17. The third-order valence-corrected chi connectivity index (χ3v) is 4.92. The Morgan fingerprint density at radius 1 is 1.38 bits per heavy atom. The molecule has 0 spiro atoms. The highest BCUT2D eigenvalue weighted by atomic mass is 127. The van der Waals surface area contributed by atoms with E-state index in [0.29, 0.717) is 13.0 Å². The molecule has 1 N–H and O–H groups in total. The Kier molecular flexibility index (Phi) is 8.61. The maximum absolute atomic E-state index is 12.3. The lowest BCUT2D eigenvalue weighted by Gasteiger charge is -2.36. The number of aliphatic hydroxyl groups is 1. The molecule has 0 aromatic heterocycles. The lowest BCUT2D eigenvalue weighted by Crippen LogP contribution is -2.36. The van der Waals surface area contributed by atoms with Crippen LogP contribution >= 0.6 is 22.6 Å². The van der Waals surface area contributed by atoms with Gasteiger partial charge in [0.05, 0.1) is 0 Å². The molecule has 0 saturated heterocycles. The molecule has 26 heavy (non-hydrogen) atoms. The molecule has 0 aliphatic carbocycles. The molecule has 142 valence electrons. The zero-order valence-electron chi connectivity index (χ0n) is 14.9. The first kappa shape index (κ1) is 20.9. The van der Waals surface area contributed by atoms with E-state index >= 15 is 0 Å². The van der Waals surface area contributed by atoms with Crippen LogP contribution in [0.15, 0.2) is 48.8 Å². The Hall–Kier alpha value is -1.38. The molecule has 0 amide bonds. The molecular formula is C20H25IO5. The van der Waals surface area contributed by atoms with E-state index in [9.17, 15) is 9.90 Å². The van der Waals surface area contributed by atoms with Crippen LogP contribution in [0.25, 0.3) is 0 Å². The summed E-state index contributed by atoms with van der Waals surface area (Å²) < 4.78 is 17.9. The highest BCUT2D eigenvalue weighted by Gasteiger charge is 2.38. The van der Waals surface area contributed by atoms with Gasteiger partial charge in [0, 0.05) is 28.6 Å². The number of carbonyl (C=O) groups excluding carboxylic acids is 1. The van der Waals surface area contributed by atoms with Crippen LogP contribution in [0, 0.1) is 9.49 Å². The number of hydrogen-bond donors (Lipinski definition) is 1. The van der Waals surface area contributed by atoms with Crippen LogP contribution in [-0.4, -0.2) is 37.2 Å². The molecule has 1 aromatic rings. The van der Waals surface area contributed by atoms with Crippen molar-refractivity contribution in [2.24, 2.45) is 5.92 Å². The molecule has 0 fully saturated rings. The van der Waals surface area contributed by atoms with Crippen molar-refractivity contribution in [3.63, 3.8) is 0 Å². The molecule has 0 radical (unpaired) electrons. The molecule has 1 heterocycles. The van der Waals surface area contributed by atoms with E-state index in [1.54, 1.807) is 0 Å². The van der Waals surface area contributed by atoms with Gasteiger partial charge >= 0.3 is 5.97 Å². The second kappa shape index (κ2) is 10.7. The molecule has 1 aliphatic heterocycles. The maximum Gasteiger partial charge on any atom is 0.373 e. The van der Waals surface area contributed by atoms with Crippen molar-refractivity contribution in [3.05, 3.63) is 57.9 Å². The van der Waals surface area contributed by atoms with Gasteiger partial charge in [0.1, 0.15) is 6.61 Å². The Labute approximate surface area is 168 Å². The van der Waals surface area contributed by atoms with E-state index in [4.69, 9.17) is 14.2 Å². The van der Waals surface area contributed by atoms with E-state index in [1.165, 1.54) is 6.08 Å². The number of ether oxygens (including phenoxy) is 3. The van der Waals surface area contributed by atoms with E-state index in [-0.39, 0.29) is 30.8 Å². The summed E-state index contributed by atoms with van der Waals surface area (Å²) in [4.78, 5) is 12.3. The Balaban J connectivity index is 2.36. The number of benzene rings is 1. The van der Waals surface area contributed by atoms with Gasteiger partial charge in [-0.2, -0.15) is 0 Å². The van der Waals surface area contributed by atoms with Crippen molar-refractivity contribution in [1.82, 2.24) is 0 Å². The Bertz CT molecular complexity index is 626. The Morgan fingerprint density at radius 3 is 2.73 bits per heavy atom. The zero-order valence-corrected chi connectivity index (χ0v) is 17.1. The van der Waals surface area contributed by atoms with E-state index < -0.39 is 12.3 Å². The molecule has 0 saturated carbocycles. The Morgan fingerprint density at radius 2 is 2.12 bits per heavy atom. The average molecular weight is 472 g/mol. The summed E-state index contributed by atoms with van der Waals surface area (Å²) in [5, 5.41) is 9.26. The van der Waals surface area contributed by atoms with Gasteiger partial charge in [-0.15, -0.1) is 0 Å². The lowest BCUT2D eigenvalue weighted by atomic mass is 9.80. The highest BCUT2D eigenvalue weighted by Crippen LogP contribution is 2.39. The molecular weight excluding hydrogens is 447 g/mol. The number of halogens is 1. The smallest absolute Gasteiger partial charge is 0.373 e. The van der Waals surface area contributed by atoms with Gasteiger partial charge in [-0.1, -0.05) is 24.8 Å². The van der Waals surface area contributed by atoms with Crippen LogP contribution in [0.4, 0.5) is 0 Å². The predicted molar refractivity (Wildman–Crippen MR) is 107 cm³/mol. The standard InChI is InChI=1S/C20H25IO5/c1-3-12-25-19(23)18-13-17(14-7-9-15(21)10-8-14)16(6-5-11-22)20(26-18)24-4-2/h3,7-10,13,16-17,20,22H,1,4-6,11-12H2,2H3/t16-,17+,20+/m0/s1. The largest absolute Gasteiger partial charge is 0.457 e. The van der Waals surface area contributed by atoms with Crippen molar-refractivity contribution in [2.75, 3.05) is 19.8 Å². The quantitative estimate of drug-likeness (QED) is 0.337. The van der Waals surface area contributed by atoms with Crippen LogP contribution in [0.3, 0.4) is 0 Å².